The number of piperidine rings is 1. The van der Waals surface area contributed by atoms with Gasteiger partial charge in [-0.2, -0.15) is 9.97 Å². The summed E-state index contributed by atoms with van der Waals surface area (Å²) in [6, 6.07) is 5.94. The summed E-state index contributed by atoms with van der Waals surface area (Å²) in [6.45, 7) is 4.85. The predicted octanol–water partition coefficient (Wildman–Crippen LogP) is 6.34. The third kappa shape index (κ3) is 4.51. The number of nitrogens with zero attached hydrogens (tertiary/aromatic N) is 5. The van der Waals surface area contributed by atoms with Crippen LogP contribution in [0.4, 0.5) is 19.0 Å². The number of aryl methyl sites for hydroxylation is 1. The van der Waals surface area contributed by atoms with Crippen LogP contribution in [0.1, 0.15) is 51.0 Å². The van der Waals surface area contributed by atoms with Crippen molar-refractivity contribution >= 4 is 27.5 Å². The summed E-state index contributed by atoms with van der Waals surface area (Å²) in [5.41, 5.74) is 0.336. The van der Waals surface area contributed by atoms with Crippen LogP contribution in [-0.2, 0) is 6.42 Å². The highest BCUT2D eigenvalue weighted by molar-refractivity contribution is 6.01. The fourth-order valence-electron chi connectivity index (χ4n) is 7.30. The zero-order chi connectivity index (χ0) is 29.0. The monoisotopic (exact) mass is 577 g/mol. The zero-order valence-electron chi connectivity index (χ0n) is 23.7. The standard InChI is InChI=1S/C32H34F3N5O2/c1-2-22-25(34)8-7-19-13-21(41)14-23(26(19)22)28-27(35)29-24(16-36-28)30(39-10-4-3-5-11-39)38-31(37-29)42-18-32-9-6-12-40(32)17-20(33)15-32/h7-8,13-14,16,20,41H,2-6,9-12,15,17-18H2,1H3/t20-,32+/m1/s1. The molecule has 10 heteroatoms. The normalized spacial score (nSPS) is 22.8. The van der Waals surface area contributed by atoms with E-state index in [1.807, 2.05) is 6.92 Å². The summed E-state index contributed by atoms with van der Waals surface area (Å²) in [7, 11) is 0. The van der Waals surface area contributed by atoms with Crippen LogP contribution in [0.2, 0.25) is 0 Å². The van der Waals surface area contributed by atoms with Crippen molar-refractivity contribution in [3.05, 3.63) is 47.7 Å². The molecule has 2 aromatic heterocycles. The molecule has 2 aromatic carbocycles. The lowest BCUT2D eigenvalue weighted by Gasteiger charge is -2.31. The Labute approximate surface area is 242 Å². The number of aromatic nitrogens is 3. The number of fused-ring (bicyclic) bond motifs is 3. The van der Waals surface area contributed by atoms with Gasteiger partial charge in [0.2, 0.25) is 0 Å². The van der Waals surface area contributed by atoms with E-state index in [4.69, 9.17) is 9.72 Å². The highest BCUT2D eigenvalue weighted by Crippen LogP contribution is 2.42. The number of anilines is 1. The van der Waals surface area contributed by atoms with Crippen molar-refractivity contribution in [1.29, 1.82) is 0 Å². The van der Waals surface area contributed by atoms with Crippen LogP contribution in [0.15, 0.2) is 30.5 Å². The Morgan fingerprint density at radius 3 is 2.71 bits per heavy atom. The highest BCUT2D eigenvalue weighted by Gasteiger charge is 2.49. The number of benzene rings is 2. The van der Waals surface area contributed by atoms with Crippen molar-refractivity contribution in [2.24, 2.45) is 0 Å². The molecule has 4 aromatic rings. The number of phenolic OH excluding ortho intramolecular Hbond substituents is 1. The molecule has 0 aliphatic carbocycles. The van der Waals surface area contributed by atoms with E-state index >= 15 is 4.39 Å². The number of halogens is 3. The molecule has 3 saturated heterocycles. The smallest absolute Gasteiger partial charge is 0.319 e. The van der Waals surface area contributed by atoms with Crippen LogP contribution < -0.4 is 9.64 Å². The molecule has 220 valence electrons. The number of rotatable bonds is 6. The molecule has 7 rings (SSSR count). The van der Waals surface area contributed by atoms with Gasteiger partial charge < -0.3 is 14.7 Å². The molecule has 0 bridgehead atoms. The maximum Gasteiger partial charge on any atom is 0.319 e. The van der Waals surface area contributed by atoms with Gasteiger partial charge in [0.15, 0.2) is 5.82 Å². The van der Waals surface area contributed by atoms with Gasteiger partial charge in [-0.15, -0.1) is 0 Å². The first-order valence-corrected chi connectivity index (χ1v) is 14.9. The minimum absolute atomic E-state index is 0.0328. The average molecular weight is 578 g/mol. The van der Waals surface area contributed by atoms with Crippen LogP contribution >= 0.6 is 0 Å². The van der Waals surface area contributed by atoms with Crippen molar-refractivity contribution in [3.63, 3.8) is 0 Å². The van der Waals surface area contributed by atoms with Crippen LogP contribution in [-0.4, -0.2) is 69.5 Å². The summed E-state index contributed by atoms with van der Waals surface area (Å²) < 4.78 is 52.1. The van der Waals surface area contributed by atoms with E-state index in [-0.39, 0.29) is 29.6 Å². The van der Waals surface area contributed by atoms with Crippen molar-refractivity contribution in [2.45, 2.75) is 63.6 Å². The second-order valence-corrected chi connectivity index (χ2v) is 11.9. The fourth-order valence-corrected chi connectivity index (χ4v) is 7.30. The maximum atomic E-state index is 16.6. The minimum atomic E-state index is -0.892. The van der Waals surface area contributed by atoms with Gasteiger partial charge in [-0.3, -0.25) is 9.88 Å². The van der Waals surface area contributed by atoms with Gasteiger partial charge in [0.05, 0.1) is 10.9 Å². The lowest BCUT2D eigenvalue weighted by molar-refractivity contribution is 0.107. The second kappa shape index (κ2) is 10.6. The van der Waals surface area contributed by atoms with E-state index in [2.05, 4.69) is 19.8 Å². The first kappa shape index (κ1) is 27.2. The summed E-state index contributed by atoms with van der Waals surface area (Å²) >= 11 is 0. The Kier molecular flexibility index (Phi) is 6.84. The SMILES string of the molecule is CCc1c(F)ccc2cc(O)cc(-c3ncc4c(N5CCCCC5)nc(OC[C@@]56CCCN5C[C@H](F)C6)nc4c3F)c12. The van der Waals surface area contributed by atoms with Gasteiger partial charge in [-0.05, 0) is 79.6 Å². The molecular weight excluding hydrogens is 543 g/mol. The van der Waals surface area contributed by atoms with Gasteiger partial charge in [-0.25, -0.2) is 13.2 Å². The number of hydrogen-bond donors (Lipinski definition) is 1. The molecule has 5 heterocycles. The molecule has 0 radical (unpaired) electrons. The Morgan fingerprint density at radius 1 is 1.07 bits per heavy atom. The summed E-state index contributed by atoms with van der Waals surface area (Å²) in [5, 5.41) is 12.1. The first-order valence-electron chi connectivity index (χ1n) is 14.9. The summed E-state index contributed by atoms with van der Waals surface area (Å²) in [6.07, 6.45) is 6.37. The summed E-state index contributed by atoms with van der Waals surface area (Å²) in [4.78, 5) is 18.1. The Morgan fingerprint density at radius 2 is 1.90 bits per heavy atom. The lowest BCUT2D eigenvalue weighted by Crippen LogP contribution is -2.43. The van der Waals surface area contributed by atoms with Crippen LogP contribution in [0, 0.1) is 11.6 Å². The molecule has 3 aliphatic heterocycles. The quantitative estimate of drug-likeness (QED) is 0.287. The predicted molar refractivity (Wildman–Crippen MR) is 156 cm³/mol. The van der Waals surface area contributed by atoms with Crippen LogP contribution in [0.5, 0.6) is 11.8 Å². The van der Waals surface area contributed by atoms with Gasteiger partial charge in [0.1, 0.15) is 41.4 Å². The van der Waals surface area contributed by atoms with Crippen molar-refractivity contribution in [3.8, 4) is 23.0 Å². The Hall–Kier alpha value is -3.66. The van der Waals surface area contributed by atoms with Crippen molar-refractivity contribution < 1.29 is 23.0 Å². The Balaban J connectivity index is 1.37. The third-order valence-electron chi connectivity index (χ3n) is 9.29. The van der Waals surface area contributed by atoms with Crippen LogP contribution in [0.3, 0.4) is 0 Å². The number of hydrogen-bond acceptors (Lipinski definition) is 7. The van der Waals surface area contributed by atoms with E-state index in [9.17, 15) is 13.9 Å². The van der Waals surface area contributed by atoms with E-state index in [0.29, 0.717) is 52.5 Å². The van der Waals surface area contributed by atoms with Gasteiger partial charge >= 0.3 is 6.01 Å². The molecule has 2 atom stereocenters. The van der Waals surface area contributed by atoms with Gasteiger partial charge in [0, 0.05) is 37.8 Å². The molecular formula is C32H34F3N5O2. The molecule has 0 saturated carbocycles. The van der Waals surface area contributed by atoms with E-state index in [0.717, 1.165) is 51.7 Å². The topological polar surface area (TPSA) is 74.6 Å². The van der Waals surface area contributed by atoms with Crippen LogP contribution in [0.25, 0.3) is 32.9 Å². The van der Waals surface area contributed by atoms with E-state index in [1.165, 1.54) is 18.2 Å². The molecule has 0 amide bonds. The third-order valence-corrected chi connectivity index (χ3v) is 9.29. The second-order valence-electron chi connectivity index (χ2n) is 11.9. The fraction of sp³-hybridized carbons (Fsp3) is 0.469. The average Bonchev–Trinajstić information content (AvgIpc) is 3.52. The molecule has 3 aliphatic rings. The number of aromatic hydroxyl groups is 1. The number of phenols is 1. The molecule has 7 nitrogen and oxygen atoms in total. The number of pyridine rings is 1. The molecule has 3 fully saturated rings. The number of alkyl halides is 1. The van der Waals surface area contributed by atoms with Crippen molar-refractivity contribution in [2.75, 3.05) is 37.7 Å². The lowest BCUT2D eigenvalue weighted by atomic mass is 9.94. The largest absolute Gasteiger partial charge is 0.508 e. The molecule has 1 N–H and O–H groups in total. The van der Waals surface area contributed by atoms with E-state index < -0.39 is 23.3 Å². The maximum absolute atomic E-state index is 16.6. The molecule has 42 heavy (non-hydrogen) atoms. The van der Waals surface area contributed by atoms with Gasteiger partial charge in [0.25, 0.3) is 0 Å². The van der Waals surface area contributed by atoms with E-state index in [1.54, 1.807) is 12.3 Å². The van der Waals surface area contributed by atoms with Crippen molar-refractivity contribution in [1.82, 2.24) is 19.9 Å². The molecule has 0 spiro atoms. The number of ether oxygens (including phenoxy) is 1. The minimum Gasteiger partial charge on any atom is -0.508 e. The highest BCUT2D eigenvalue weighted by atomic mass is 19.1. The van der Waals surface area contributed by atoms with Gasteiger partial charge in [-0.1, -0.05) is 13.0 Å². The zero-order valence-corrected chi connectivity index (χ0v) is 23.7. The Bertz CT molecular complexity index is 1680. The first-order chi connectivity index (χ1) is 20.4. The summed E-state index contributed by atoms with van der Waals surface area (Å²) in [5.74, 6) is -0.603. The molecule has 0 unspecified atom stereocenters.